The van der Waals surface area contributed by atoms with Crippen LogP contribution >= 0.6 is 27.7 Å². The zero-order valence-electron chi connectivity index (χ0n) is 15.2. The number of rotatable bonds is 2. The van der Waals surface area contributed by atoms with Crippen LogP contribution in [0.15, 0.2) is 53.0 Å². The molecule has 2 heterocycles. The molecule has 0 aliphatic carbocycles. The van der Waals surface area contributed by atoms with Crippen molar-refractivity contribution in [2.45, 2.75) is 24.6 Å². The molecule has 2 aliphatic heterocycles. The van der Waals surface area contributed by atoms with E-state index < -0.39 is 0 Å². The molecule has 1 spiro atoms. The van der Waals surface area contributed by atoms with Gasteiger partial charge in [0, 0.05) is 28.8 Å². The number of likely N-dealkylation sites (tertiary alicyclic amines) is 1. The summed E-state index contributed by atoms with van der Waals surface area (Å²) in [4.78, 5) is 29.1. The van der Waals surface area contributed by atoms with Gasteiger partial charge in [-0.2, -0.15) is 0 Å². The zero-order valence-corrected chi connectivity index (χ0v) is 17.6. The summed E-state index contributed by atoms with van der Waals surface area (Å²) >= 11 is 5.13. The van der Waals surface area contributed by atoms with E-state index in [1.165, 1.54) is 5.56 Å². The Kier molecular flexibility index (Phi) is 5.03. The van der Waals surface area contributed by atoms with Gasteiger partial charge >= 0.3 is 0 Å². The first kappa shape index (κ1) is 18.6. The van der Waals surface area contributed by atoms with Crippen LogP contribution in [0.3, 0.4) is 0 Å². The van der Waals surface area contributed by atoms with Crippen molar-refractivity contribution in [1.29, 1.82) is 0 Å². The Bertz CT molecular complexity index is 859. The zero-order chi connectivity index (χ0) is 19.0. The van der Waals surface area contributed by atoms with E-state index in [4.69, 9.17) is 0 Å². The second-order valence-electron chi connectivity index (χ2n) is 7.10. The molecule has 6 heteroatoms. The Hall–Kier alpha value is -1.79. The average Bonchev–Trinajstić information content (AvgIpc) is 2.99. The van der Waals surface area contributed by atoms with Gasteiger partial charge in [-0.1, -0.05) is 33.6 Å². The molecule has 27 heavy (non-hydrogen) atoms. The average molecular weight is 445 g/mol. The number of hydrogen-bond acceptors (Lipinski definition) is 3. The lowest BCUT2D eigenvalue weighted by Crippen LogP contribution is -2.53. The molecule has 0 saturated carbocycles. The number of amides is 2. The fourth-order valence-corrected chi connectivity index (χ4v) is 5.42. The monoisotopic (exact) mass is 444 g/mol. The number of anilines is 1. The van der Waals surface area contributed by atoms with Gasteiger partial charge in [-0.05, 0) is 56.2 Å². The summed E-state index contributed by atoms with van der Waals surface area (Å²) < 4.78 is 0.964. The van der Waals surface area contributed by atoms with E-state index in [1.807, 2.05) is 65.3 Å². The lowest BCUT2D eigenvalue weighted by Gasteiger charge is -2.44. The molecule has 0 N–H and O–H groups in total. The third kappa shape index (κ3) is 3.52. The van der Waals surface area contributed by atoms with E-state index in [2.05, 4.69) is 15.9 Å². The van der Waals surface area contributed by atoms with Crippen LogP contribution in [0.5, 0.6) is 0 Å². The molecule has 2 saturated heterocycles. The maximum Gasteiger partial charge on any atom is 0.253 e. The first-order valence-corrected chi connectivity index (χ1v) is 10.8. The number of carbonyl (C=O) groups is 2. The highest BCUT2D eigenvalue weighted by Crippen LogP contribution is 2.46. The first-order valence-electron chi connectivity index (χ1n) is 9.07. The van der Waals surface area contributed by atoms with Crippen molar-refractivity contribution < 1.29 is 9.59 Å². The molecule has 140 valence electrons. The van der Waals surface area contributed by atoms with Crippen LogP contribution < -0.4 is 4.90 Å². The summed E-state index contributed by atoms with van der Waals surface area (Å²) in [5, 5.41) is 0. The fourth-order valence-electron chi connectivity index (χ4n) is 3.83. The smallest absolute Gasteiger partial charge is 0.253 e. The number of hydrogen-bond donors (Lipinski definition) is 0. The highest BCUT2D eigenvalue weighted by atomic mass is 79.9. The van der Waals surface area contributed by atoms with Gasteiger partial charge in [0.25, 0.3) is 5.91 Å². The van der Waals surface area contributed by atoms with Crippen LogP contribution in [-0.2, 0) is 4.79 Å². The normalized spacial score (nSPS) is 19.0. The highest BCUT2D eigenvalue weighted by molar-refractivity contribution is 9.10. The lowest BCUT2D eigenvalue weighted by atomic mass is 10.00. The van der Waals surface area contributed by atoms with E-state index in [0.29, 0.717) is 24.4 Å². The summed E-state index contributed by atoms with van der Waals surface area (Å²) in [5.41, 5.74) is 2.85. The minimum atomic E-state index is -0.233. The Balaban J connectivity index is 1.51. The summed E-state index contributed by atoms with van der Waals surface area (Å²) in [5.74, 6) is 0.735. The number of thioether (sulfide) groups is 1. The van der Waals surface area contributed by atoms with Crippen LogP contribution in [0.1, 0.15) is 28.8 Å². The Morgan fingerprint density at radius 1 is 1.04 bits per heavy atom. The maximum absolute atomic E-state index is 12.8. The summed E-state index contributed by atoms with van der Waals surface area (Å²) in [6.07, 6.45) is 1.58. The van der Waals surface area contributed by atoms with Crippen molar-refractivity contribution in [1.82, 2.24) is 4.90 Å². The van der Waals surface area contributed by atoms with Gasteiger partial charge in [0.1, 0.15) is 0 Å². The van der Waals surface area contributed by atoms with Crippen molar-refractivity contribution in [3.63, 3.8) is 0 Å². The van der Waals surface area contributed by atoms with Gasteiger partial charge in [0.2, 0.25) is 5.91 Å². The van der Waals surface area contributed by atoms with Gasteiger partial charge in [0.15, 0.2) is 0 Å². The second kappa shape index (κ2) is 7.32. The number of aryl methyl sites for hydroxylation is 1. The van der Waals surface area contributed by atoms with Crippen LogP contribution in [0.25, 0.3) is 0 Å². The number of nitrogens with zero attached hydrogens (tertiary/aromatic N) is 2. The molecule has 0 radical (unpaired) electrons. The fraction of sp³-hybridized carbons (Fsp3) is 0.333. The quantitative estimate of drug-likeness (QED) is 0.685. The summed E-state index contributed by atoms with van der Waals surface area (Å²) in [6, 6.07) is 15.6. The Labute approximate surface area is 172 Å². The van der Waals surface area contributed by atoms with Crippen molar-refractivity contribution in [2.75, 3.05) is 23.7 Å². The first-order chi connectivity index (χ1) is 13.0. The van der Waals surface area contributed by atoms with Gasteiger partial charge in [-0.3, -0.25) is 14.5 Å². The van der Waals surface area contributed by atoms with Crippen molar-refractivity contribution >= 4 is 45.2 Å². The molecule has 4 nitrogen and oxygen atoms in total. The standard InChI is InChI=1S/C21H21BrN2O2S/c1-15-2-8-18(9-3-15)24-19(25)14-27-21(24)10-12-23(13-11-21)20(26)16-4-6-17(22)7-5-16/h2-9H,10-14H2,1H3. The van der Waals surface area contributed by atoms with Gasteiger partial charge < -0.3 is 4.90 Å². The van der Waals surface area contributed by atoms with Crippen LogP contribution in [0, 0.1) is 6.92 Å². The van der Waals surface area contributed by atoms with Gasteiger partial charge in [-0.25, -0.2) is 0 Å². The third-order valence-corrected chi connectivity index (χ3v) is 7.38. The Morgan fingerprint density at radius 2 is 1.67 bits per heavy atom. The molecule has 0 bridgehead atoms. The third-order valence-electron chi connectivity index (χ3n) is 5.34. The molecular formula is C21H21BrN2O2S. The topological polar surface area (TPSA) is 40.6 Å². The van der Waals surface area contributed by atoms with Gasteiger partial charge in [-0.15, -0.1) is 11.8 Å². The molecule has 2 amide bonds. The molecule has 0 atom stereocenters. The maximum atomic E-state index is 12.8. The lowest BCUT2D eigenvalue weighted by molar-refractivity contribution is -0.116. The second-order valence-corrected chi connectivity index (χ2v) is 9.35. The number of benzene rings is 2. The number of piperidine rings is 1. The highest BCUT2D eigenvalue weighted by Gasteiger charge is 2.49. The van der Waals surface area contributed by atoms with Crippen molar-refractivity contribution in [3.05, 3.63) is 64.1 Å². The summed E-state index contributed by atoms with van der Waals surface area (Å²) in [7, 11) is 0. The van der Waals surface area contributed by atoms with Crippen LogP contribution in [0.4, 0.5) is 5.69 Å². The predicted octanol–water partition coefficient (Wildman–Crippen LogP) is 4.47. The molecule has 2 fully saturated rings. The molecule has 0 aromatic heterocycles. The molecule has 2 aromatic rings. The molecule has 4 rings (SSSR count). The SMILES string of the molecule is Cc1ccc(N2C(=O)CSC23CCN(C(=O)c2ccc(Br)cc2)CC3)cc1. The van der Waals surface area contributed by atoms with Crippen molar-refractivity contribution in [2.24, 2.45) is 0 Å². The predicted molar refractivity (Wildman–Crippen MR) is 113 cm³/mol. The van der Waals surface area contributed by atoms with Crippen LogP contribution in [0.2, 0.25) is 0 Å². The van der Waals surface area contributed by atoms with E-state index in [9.17, 15) is 9.59 Å². The molecule has 2 aromatic carbocycles. The Morgan fingerprint density at radius 3 is 2.30 bits per heavy atom. The minimum absolute atomic E-state index is 0.0635. The van der Waals surface area contributed by atoms with Gasteiger partial charge in [0.05, 0.1) is 10.6 Å². The molecule has 0 unspecified atom stereocenters. The van der Waals surface area contributed by atoms with E-state index in [-0.39, 0.29) is 16.7 Å². The minimum Gasteiger partial charge on any atom is -0.338 e. The van der Waals surface area contributed by atoms with E-state index in [0.717, 1.165) is 23.0 Å². The summed E-state index contributed by atoms with van der Waals surface area (Å²) in [6.45, 7) is 3.38. The largest absolute Gasteiger partial charge is 0.338 e. The molecule has 2 aliphatic rings. The van der Waals surface area contributed by atoms with E-state index >= 15 is 0 Å². The van der Waals surface area contributed by atoms with Crippen LogP contribution in [-0.4, -0.2) is 40.4 Å². The number of halogens is 1. The molecular weight excluding hydrogens is 424 g/mol. The number of carbonyl (C=O) groups excluding carboxylic acids is 2. The van der Waals surface area contributed by atoms with E-state index in [1.54, 1.807) is 11.8 Å². The van der Waals surface area contributed by atoms with Crippen molar-refractivity contribution in [3.8, 4) is 0 Å².